The third kappa shape index (κ3) is 2.88. The summed E-state index contributed by atoms with van der Waals surface area (Å²) in [7, 11) is 0. The van der Waals surface area contributed by atoms with Gasteiger partial charge in [0.1, 0.15) is 11.6 Å². The molecule has 0 bridgehead atoms. The molecule has 0 spiro atoms. The first-order valence-corrected chi connectivity index (χ1v) is 5.31. The molecule has 5 heteroatoms. The Labute approximate surface area is 97.7 Å². The Hall–Kier alpha value is -1.75. The van der Waals surface area contributed by atoms with E-state index in [0.717, 1.165) is 11.8 Å². The Bertz CT molecular complexity index is 500. The van der Waals surface area contributed by atoms with Crippen LogP contribution >= 0.6 is 0 Å². The van der Waals surface area contributed by atoms with Crippen LogP contribution in [0.1, 0.15) is 12.6 Å². The predicted molar refractivity (Wildman–Crippen MR) is 61.3 cm³/mol. The summed E-state index contributed by atoms with van der Waals surface area (Å²) in [4.78, 5) is 0. The number of nitrogens with two attached hydrogens (primary N) is 1. The maximum absolute atomic E-state index is 13.0. The van der Waals surface area contributed by atoms with Gasteiger partial charge in [0.2, 0.25) is 0 Å². The van der Waals surface area contributed by atoms with Gasteiger partial charge >= 0.3 is 0 Å². The molecule has 0 saturated carbocycles. The van der Waals surface area contributed by atoms with E-state index in [9.17, 15) is 8.78 Å². The molecule has 2 rings (SSSR count). The molecule has 0 aliphatic heterocycles. The van der Waals surface area contributed by atoms with Crippen molar-refractivity contribution in [3.8, 4) is 11.3 Å². The van der Waals surface area contributed by atoms with Gasteiger partial charge in [-0.25, -0.2) is 8.78 Å². The molecule has 17 heavy (non-hydrogen) atoms. The second-order valence-corrected chi connectivity index (χ2v) is 4.12. The van der Waals surface area contributed by atoms with Crippen molar-refractivity contribution in [1.82, 2.24) is 10.2 Å². The SMILES string of the molecule is CC(N)Cc1cc(-c2cc(F)cc(F)c2)n[nH]1. The van der Waals surface area contributed by atoms with Crippen LogP contribution < -0.4 is 5.73 Å². The predicted octanol–water partition coefficient (Wildman–Crippen LogP) is 2.24. The second-order valence-electron chi connectivity index (χ2n) is 4.12. The van der Waals surface area contributed by atoms with Crippen LogP contribution in [-0.2, 0) is 6.42 Å². The van der Waals surface area contributed by atoms with Crippen LogP contribution in [0.25, 0.3) is 11.3 Å². The lowest BCUT2D eigenvalue weighted by Gasteiger charge is -2.00. The molecular weight excluding hydrogens is 224 g/mol. The number of H-pyrrole nitrogens is 1. The van der Waals surface area contributed by atoms with E-state index < -0.39 is 11.6 Å². The highest BCUT2D eigenvalue weighted by molar-refractivity contribution is 5.59. The maximum Gasteiger partial charge on any atom is 0.126 e. The molecule has 1 unspecified atom stereocenters. The standard InChI is InChI=1S/C12H13F2N3/c1-7(15)2-11-6-12(17-16-11)8-3-9(13)5-10(14)4-8/h3-7H,2,15H2,1H3,(H,16,17). The number of halogens is 2. The summed E-state index contributed by atoms with van der Waals surface area (Å²) in [5.41, 5.74) is 7.42. The Balaban J connectivity index is 2.30. The van der Waals surface area contributed by atoms with Gasteiger partial charge in [0, 0.05) is 29.8 Å². The van der Waals surface area contributed by atoms with Crippen molar-refractivity contribution in [3.63, 3.8) is 0 Å². The molecule has 1 atom stereocenters. The number of hydrogen-bond acceptors (Lipinski definition) is 2. The molecule has 3 N–H and O–H groups in total. The van der Waals surface area contributed by atoms with Crippen LogP contribution in [-0.4, -0.2) is 16.2 Å². The number of hydrogen-bond donors (Lipinski definition) is 2. The summed E-state index contributed by atoms with van der Waals surface area (Å²) in [5, 5.41) is 6.81. The van der Waals surface area contributed by atoms with Gasteiger partial charge in [-0.2, -0.15) is 5.10 Å². The van der Waals surface area contributed by atoms with Gasteiger partial charge in [-0.15, -0.1) is 0 Å². The van der Waals surface area contributed by atoms with Gasteiger partial charge in [0.15, 0.2) is 0 Å². The summed E-state index contributed by atoms with van der Waals surface area (Å²) < 4.78 is 26.1. The summed E-state index contributed by atoms with van der Waals surface area (Å²) in [6.07, 6.45) is 0.644. The van der Waals surface area contributed by atoms with Crippen molar-refractivity contribution < 1.29 is 8.78 Å². The van der Waals surface area contributed by atoms with E-state index in [0.29, 0.717) is 17.7 Å². The lowest BCUT2D eigenvalue weighted by atomic mass is 10.1. The molecule has 0 fully saturated rings. The molecule has 2 aromatic rings. The minimum Gasteiger partial charge on any atom is -0.328 e. The van der Waals surface area contributed by atoms with Crippen LogP contribution in [0.4, 0.5) is 8.78 Å². The van der Waals surface area contributed by atoms with Crippen LogP contribution in [0, 0.1) is 11.6 Å². The number of aromatic nitrogens is 2. The summed E-state index contributed by atoms with van der Waals surface area (Å²) in [6.45, 7) is 1.88. The monoisotopic (exact) mass is 237 g/mol. The number of aromatic amines is 1. The summed E-state index contributed by atoms with van der Waals surface area (Å²) in [6, 6.07) is 5.08. The molecule has 3 nitrogen and oxygen atoms in total. The Kier molecular flexibility index (Phi) is 3.19. The van der Waals surface area contributed by atoms with Crippen LogP contribution in [0.3, 0.4) is 0 Å². The van der Waals surface area contributed by atoms with E-state index in [1.807, 2.05) is 6.92 Å². The molecule has 1 aromatic carbocycles. The van der Waals surface area contributed by atoms with Crippen molar-refractivity contribution in [3.05, 3.63) is 41.6 Å². The minimum atomic E-state index is -0.614. The topological polar surface area (TPSA) is 54.7 Å². The fourth-order valence-corrected chi connectivity index (χ4v) is 1.66. The Morgan fingerprint density at radius 2 is 1.88 bits per heavy atom. The zero-order chi connectivity index (χ0) is 12.4. The zero-order valence-corrected chi connectivity index (χ0v) is 9.37. The highest BCUT2D eigenvalue weighted by Gasteiger charge is 2.08. The zero-order valence-electron chi connectivity index (χ0n) is 9.37. The molecule has 90 valence electrons. The molecule has 1 heterocycles. The van der Waals surface area contributed by atoms with Crippen LogP contribution in [0.15, 0.2) is 24.3 Å². The van der Waals surface area contributed by atoms with Crippen molar-refractivity contribution >= 4 is 0 Å². The van der Waals surface area contributed by atoms with E-state index in [1.165, 1.54) is 12.1 Å². The van der Waals surface area contributed by atoms with Gasteiger partial charge in [-0.1, -0.05) is 0 Å². The number of rotatable bonds is 3. The normalized spacial score (nSPS) is 12.7. The molecule has 0 radical (unpaired) electrons. The minimum absolute atomic E-state index is 0.00699. The average Bonchev–Trinajstić information content (AvgIpc) is 2.63. The van der Waals surface area contributed by atoms with Crippen molar-refractivity contribution in [2.45, 2.75) is 19.4 Å². The summed E-state index contributed by atoms with van der Waals surface area (Å²) in [5.74, 6) is -1.23. The van der Waals surface area contributed by atoms with Gasteiger partial charge in [-0.3, -0.25) is 5.10 Å². The van der Waals surface area contributed by atoms with E-state index in [1.54, 1.807) is 6.07 Å². The van der Waals surface area contributed by atoms with E-state index in [2.05, 4.69) is 10.2 Å². The molecule has 0 aliphatic rings. The first-order chi connectivity index (χ1) is 8.04. The van der Waals surface area contributed by atoms with E-state index in [4.69, 9.17) is 5.73 Å². The largest absolute Gasteiger partial charge is 0.328 e. The fourth-order valence-electron chi connectivity index (χ4n) is 1.66. The fraction of sp³-hybridized carbons (Fsp3) is 0.250. The lowest BCUT2D eigenvalue weighted by molar-refractivity contribution is 0.584. The average molecular weight is 237 g/mol. The number of nitrogens with zero attached hydrogens (tertiary/aromatic N) is 1. The van der Waals surface area contributed by atoms with Gasteiger partial charge < -0.3 is 5.73 Å². The van der Waals surface area contributed by atoms with Crippen molar-refractivity contribution in [2.75, 3.05) is 0 Å². The van der Waals surface area contributed by atoms with Crippen LogP contribution in [0.2, 0.25) is 0 Å². The van der Waals surface area contributed by atoms with Crippen molar-refractivity contribution in [2.24, 2.45) is 5.73 Å². The third-order valence-corrected chi connectivity index (χ3v) is 2.33. The number of nitrogens with one attached hydrogen (secondary N) is 1. The smallest absolute Gasteiger partial charge is 0.126 e. The third-order valence-electron chi connectivity index (χ3n) is 2.33. The molecular formula is C12H13F2N3. The molecule has 0 amide bonds. The van der Waals surface area contributed by atoms with E-state index >= 15 is 0 Å². The Morgan fingerprint density at radius 1 is 1.24 bits per heavy atom. The first-order valence-electron chi connectivity index (χ1n) is 5.31. The van der Waals surface area contributed by atoms with Gasteiger partial charge in [-0.05, 0) is 25.1 Å². The number of benzene rings is 1. The lowest BCUT2D eigenvalue weighted by Crippen LogP contribution is -2.17. The van der Waals surface area contributed by atoms with Crippen LogP contribution in [0.5, 0.6) is 0 Å². The molecule has 0 saturated heterocycles. The summed E-state index contributed by atoms with van der Waals surface area (Å²) >= 11 is 0. The van der Waals surface area contributed by atoms with E-state index in [-0.39, 0.29) is 6.04 Å². The van der Waals surface area contributed by atoms with Gasteiger partial charge in [0.05, 0.1) is 5.69 Å². The highest BCUT2D eigenvalue weighted by Crippen LogP contribution is 2.20. The second kappa shape index (κ2) is 4.63. The highest BCUT2D eigenvalue weighted by atomic mass is 19.1. The molecule has 0 aliphatic carbocycles. The Morgan fingerprint density at radius 3 is 2.47 bits per heavy atom. The van der Waals surface area contributed by atoms with Crippen molar-refractivity contribution in [1.29, 1.82) is 0 Å². The maximum atomic E-state index is 13.0. The van der Waals surface area contributed by atoms with Gasteiger partial charge in [0.25, 0.3) is 0 Å². The quantitative estimate of drug-likeness (QED) is 0.860. The molecule has 1 aromatic heterocycles. The first kappa shape index (κ1) is 11.7.